The molecule has 0 atom stereocenters. The van der Waals surface area contributed by atoms with Gasteiger partial charge in [-0.05, 0) is 27.2 Å². The number of aryl methyl sites for hydroxylation is 1. The lowest BCUT2D eigenvalue weighted by Crippen LogP contribution is -2.10. The lowest BCUT2D eigenvalue weighted by atomic mass is 10.3. The number of halogens is 1. The van der Waals surface area contributed by atoms with Crippen LogP contribution in [-0.4, -0.2) is 28.0 Å². The van der Waals surface area contributed by atoms with E-state index in [9.17, 15) is 0 Å². The smallest absolute Gasteiger partial charge is 0.143 e. The summed E-state index contributed by atoms with van der Waals surface area (Å²) < 4.78 is 7.52. The summed E-state index contributed by atoms with van der Waals surface area (Å²) in [6.45, 7) is 7.90. The topological polar surface area (TPSA) is 39.9 Å². The fourth-order valence-corrected chi connectivity index (χ4v) is 2.08. The Labute approximate surface area is 106 Å². The molecule has 0 bridgehead atoms. The van der Waals surface area contributed by atoms with Gasteiger partial charge in [0.25, 0.3) is 0 Å². The van der Waals surface area contributed by atoms with Crippen molar-refractivity contribution in [2.24, 2.45) is 0 Å². The molecule has 0 spiro atoms. The number of rotatable bonds is 7. The molecule has 0 radical (unpaired) electrons. The van der Waals surface area contributed by atoms with Gasteiger partial charge in [0.15, 0.2) is 0 Å². The zero-order valence-corrected chi connectivity index (χ0v) is 11.8. The minimum absolute atomic E-state index is 0.407. The highest BCUT2D eigenvalue weighted by Gasteiger charge is 2.13. The molecule has 92 valence electrons. The van der Waals surface area contributed by atoms with Gasteiger partial charge >= 0.3 is 0 Å². The Bertz CT molecular complexity index is 312. The van der Waals surface area contributed by atoms with Crippen LogP contribution in [0.1, 0.15) is 44.9 Å². The predicted octanol–water partition coefficient (Wildman–Crippen LogP) is 2.72. The summed E-state index contributed by atoms with van der Waals surface area (Å²) in [6.07, 6.45) is 1.93. The van der Waals surface area contributed by atoms with E-state index in [1.807, 2.05) is 6.92 Å². The lowest BCUT2D eigenvalue weighted by molar-refractivity contribution is 0.144. The van der Waals surface area contributed by atoms with Gasteiger partial charge in [-0.25, -0.2) is 0 Å². The van der Waals surface area contributed by atoms with E-state index in [0.29, 0.717) is 6.04 Å². The van der Waals surface area contributed by atoms with Crippen molar-refractivity contribution in [1.82, 2.24) is 14.8 Å². The highest BCUT2D eigenvalue weighted by Crippen LogP contribution is 2.15. The molecule has 0 aliphatic rings. The number of ether oxygens (including phenoxy) is 1. The number of hydrogen-bond donors (Lipinski definition) is 0. The van der Waals surface area contributed by atoms with Gasteiger partial charge < -0.3 is 9.30 Å². The molecule has 0 saturated heterocycles. The SMILES string of the molecule is CCOCCCc1nnc(CBr)n1C(C)C. The number of hydrogen-bond acceptors (Lipinski definition) is 3. The Morgan fingerprint density at radius 3 is 2.56 bits per heavy atom. The largest absolute Gasteiger partial charge is 0.382 e. The summed E-state index contributed by atoms with van der Waals surface area (Å²) in [6, 6.07) is 0.407. The zero-order valence-electron chi connectivity index (χ0n) is 10.2. The van der Waals surface area contributed by atoms with Crippen molar-refractivity contribution in [3.05, 3.63) is 11.6 Å². The van der Waals surface area contributed by atoms with E-state index in [1.165, 1.54) is 0 Å². The second kappa shape index (κ2) is 7.01. The molecule has 0 fully saturated rings. The van der Waals surface area contributed by atoms with Crippen molar-refractivity contribution in [3.63, 3.8) is 0 Å². The van der Waals surface area contributed by atoms with Gasteiger partial charge in [0, 0.05) is 25.7 Å². The molecule has 0 saturated carbocycles. The zero-order chi connectivity index (χ0) is 12.0. The average molecular weight is 290 g/mol. The van der Waals surface area contributed by atoms with Crippen molar-refractivity contribution >= 4 is 15.9 Å². The molecule has 4 nitrogen and oxygen atoms in total. The fourth-order valence-electron chi connectivity index (χ4n) is 1.70. The molecule has 1 aromatic heterocycles. The van der Waals surface area contributed by atoms with E-state index < -0.39 is 0 Å². The molecular weight excluding hydrogens is 270 g/mol. The van der Waals surface area contributed by atoms with Crippen molar-refractivity contribution in [1.29, 1.82) is 0 Å². The summed E-state index contributed by atoms with van der Waals surface area (Å²) in [5.74, 6) is 2.06. The van der Waals surface area contributed by atoms with Gasteiger partial charge in [-0.1, -0.05) is 15.9 Å². The number of aromatic nitrogens is 3. The van der Waals surface area contributed by atoms with E-state index >= 15 is 0 Å². The summed E-state index contributed by atoms with van der Waals surface area (Å²) in [5, 5.41) is 9.17. The van der Waals surface area contributed by atoms with E-state index in [-0.39, 0.29) is 0 Å². The summed E-state index contributed by atoms with van der Waals surface area (Å²) >= 11 is 3.43. The molecular formula is C11H20BrN3O. The first kappa shape index (κ1) is 13.6. The third kappa shape index (κ3) is 3.56. The van der Waals surface area contributed by atoms with E-state index in [1.54, 1.807) is 0 Å². The quantitative estimate of drug-likeness (QED) is 0.572. The highest BCUT2D eigenvalue weighted by molar-refractivity contribution is 9.08. The minimum atomic E-state index is 0.407. The molecule has 0 aliphatic heterocycles. The third-order valence-corrected chi connectivity index (χ3v) is 2.87. The average Bonchev–Trinajstić information content (AvgIpc) is 2.67. The first-order chi connectivity index (χ1) is 7.70. The Morgan fingerprint density at radius 1 is 1.31 bits per heavy atom. The van der Waals surface area contributed by atoms with Crippen LogP contribution in [0.3, 0.4) is 0 Å². The molecule has 1 rings (SSSR count). The maximum absolute atomic E-state index is 5.32. The van der Waals surface area contributed by atoms with Crippen LogP contribution in [0, 0.1) is 0 Å². The van der Waals surface area contributed by atoms with Crippen LogP contribution in [0.15, 0.2) is 0 Å². The highest BCUT2D eigenvalue weighted by atomic mass is 79.9. The molecule has 0 N–H and O–H groups in total. The van der Waals surface area contributed by atoms with E-state index in [4.69, 9.17) is 4.74 Å². The van der Waals surface area contributed by atoms with Gasteiger partial charge in [0.2, 0.25) is 0 Å². The molecule has 16 heavy (non-hydrogen) atoms. The fraction of sp³-hybridized carbons (Fsp3) is 0.818. The van der Waals surface area contributed by atoms with Crippen LogP contribution < -0.4 is 0 Å². The van der Waals surface area contributed by atoms with Crippen LogP contribution in [0.2, 0.25) is 0 Å². The first-order valence-electron chi connectivity index (χ1n) is 5.77. The van der Waals surface area contributed by atoms with Gasteiger partial charge in [-0.15, -0.1) is 10.2 Å². The number of nitrogens with zero attached hydrogens (tertiary/aromatic N) is 3. The molecule has 0 aromatic carbocycles. The monoisotopic (exact) mass is 289 g/mol. The molecule has 0 aliphatic carbocycles. The molecule has 0 unspecified atom stereocenters. The normalized spacial score (nSPS) is 11.3. The lowest BCUT2D eigenvalue weighted by Gasteiger charge is -2.12. The van der Waals surface area contributed by atoms with Gasteiger partial charge in [-0.3, -0.25) is 0 Å². The maximum Gasteiger partial charge on any atom is 0.143 e. The van der Waals surface area contributed by atoms with Crippen LogP contribution in [0.5, 0.6) is 0 Å². The summed E-state index contributed by atoms with van der Waals surface area (Å²) in [4.78, 5) is 0. The maximum atomic E-state index is 5.32. The van der Waals surface area contributed by atoms with Crippen LogP contribution in [0.4, 0.5) is 0 Å². The predicted molar refractivity (Wildman–Crippen MR) is 67.9 cm³/mol. The summed E-state index contributed by atoms with van der Waals surface area (Å²) in [5.41, 5.74) is 0. The Hall–Kier alpha value is -0.420. The number of alkyl halides is 1. The minimum Gasteiger partial charge on any atom is -0.382 e. The molecule has 1 heterocycles. The van der Waals surface area contributed by atoms with E-state index in [0.717, 1.165) is 43.0 Å². The first-order valence-corrected chi connectivity index (χ1v) is 6.89. The van der Waals surface area contributed by atoms with Crippen molar-refractivity contribution in [3.8, 4) is 0 Å². The van der Waals surface area contributed by atoms with Gasteiger partial charge in [-0.2, -0.15) is 0 Å². The molecule has 5 heteroatoms. The van der Waals surface area contributed by atoms with Gasteiger partial charge in [0.05, 0.1) is 5.33 Å². The van der Waals surface area contributed by atoms with Crippen molar-refractivity contribution in [2.45, 2.75) is 45.0 Å². The standard InChI is InChI=1S/C11H20BrN3O/c1-4-16-7-5-6-10-13-14-11(8-12)15(10)9(2)3/h9H,4-8H2,1-3H3. The second-order valence-electron chi connectivity index (χ2n) is 3.93. The van der Waals surface area contributed by atoms with Crippen molar-refractivity contribution in [2.75, 3.05) is 13.2 Å². The second-order valence-corrected chi connectivity index (χ2v) is 4.49. The van der Waals surface area contributed by atoms with Crippen molar-refractivity contribution < 1.29 is 4.74 Å². The van der Waals surface area contributed by atoms with Gasteiger partial charge in [0.1, 0.15) is 11.6 Å². The third-order valence-electron chi connectivity index (χ3n) is 2.37. The molecule has 0 amide bonds. The van der Waals surface area contributed by atoms with Crippen LogP contribution >= 0.6 is 15.9 Å². The van der Waals surface area contributed by atoms with Crippen LogP contribution in [-0.2, 0) is 16.5 Å². The Kier molecular flexibility index (Phi) is 5.98. The Balaban J connectivity index is 2.61. The molecule has 1 aromatic rings. The van der Waals surface area contributed by atoms with E-state index in [2.05, 4.69) is 44.5 Å². The summed E-state index contributed by atoms with van der Waals surface area (Å²) in [7, 11) is 0. The Morgan fingerprint density at radius 2 is 2.00 bits per heavy atom. The van der Waals surface area contributed by atoms with Crippen LogP contribution in [0.25, 0.3) is 0 Å².